The maximum Gasteiger partial charge on any atom is 0.328 e. The van der Waals surface area contributed by atoms with E-state index in [4.69, 9.17) is 14.9 Å². The van der Waals surface area contributed by atoms with Crippen LogP contribution in [0, 0.1) is 0 Å². The molecule has 152 valence electrons. The van der Waals surface area contributed by atoms with Crippen LogP contribution in [0.25, 0.3) is 0 Å². The highest BCUT2D eigenvalue weighted by Gasteiger charge is 2.16. The maximum absolute atomic E-state index is 9.88. The van der Waals surface area contributed by atoms with Gasteiger partial charge in [0, 0.05) is 24.2 Å². The highest BCUT2D eigenvalue weighted by molar-refractivity contribution is 5.89. The molecule has 1 rings (SSSR count). The molecule has 1 aliphatic carbocycles. The van der Waals surface area contributed by atoms with Gasteiger partial charge in [-0.3, -0.25) is 0 Å². The zero-order valence-corrected chi connectivity index (χ0v) is 16.2. The number of aliphatic hydroxyl groups excluding tert-OH is 1. The summed E-state index contributed by atoms with van der Waals surface area (Å²) in [4.78, 5) is 19.1. The molecule has 0 aromatic heterocycles. The fraction of sp³-hybridized carbons (Fsp3) is 0.789. The summed E-state index contributed by atoms with van der Waals surface area (Å²) in [7, 11) is 0. The summed E-state index contributed by atoms with van der Waals surface area (Å²) < 4.78 is 5.86. The summed E-state index contributed by atoms with van der Waals surface area (Å²) in [6.45, 7) is 7.39. The Hall–Kier alpha value is -1.44. The number of nitrogens with one attached hydrogen (secondary N) is 1. The van der Waals surface area contributed by atoms with Crippen LogP contribution in [0.5, 0.6) is 0 Å². The van der Waals surface area contributed by atoms with Crippen molar-refractivity contribution in [1.82, 2.24) is 5.32 Å². The number of aliphatic carboxylic acids is 2. The molecule has 0 aromatic rings. The van der Waals surface area contributed by atoms with E-state index in [1.807, 2.05) is 0 Å². The normalized spacial score (nSPS) is 17.7. The number of rotatable bonds is 7. The third-order valence-electron chi connectivity index (χ3n) is 3.81. The molecule has 0 aliphatic heterocycles. The molecule has 0 aromatic carbocycles. The molecule has 0 spiro atoms. The largest absolute Gasteiger partial charge is 0.478 e. The summed E-state index contributed by atoms with van der Waals surface area (Å²) >= 11 is 0. The standard InChI is InChI=1S/C15H31NO2.C4H4O4/c1-15(2,3)16-11-13(17)12-18-14-9-7-5-4-6-8-10-14;5-3(6)1-2-4(7)8/h13-14,16-17H,4-12H2,1-3H3;1-2H,(H,5,6)(H,7,8)/b;2-1-. The molecule has 26 heavy (non-hydrogen) atoms. The summed E-state index contributed by atoms with van der Waals surface area (Å²) in [6.07, 6.45) is 10.0. The van der Waals surface area contributed by atoms with Crippen LogP contribution in [0.2, 0.25) is 0 Å². The highest BCUT2D eigenvalue weighted by atomic mass is 16.5. The van der Waals surface area contributed by atoms with Crippen molar-refractivity contribution in [2.24, 2.45) is 0 Å². The van der Waals surface area contributed by atoms with Crippen molar-refractivity contribution >= 4 is 11.9 Å². The molecule has 1 atom stereocenters. The van der Waals surface area contributed by atoms with E-state index in [-0.39, 0.29) is 5.54 Å². The van der Waals surface area contributed by atoms with Gasteiger partial charge in [-0.1, -0.05) is 32.1 Å². The molecule has 7 nitrogen and oxygen atoms in total. The minimum Gasteiger partial charge on any atom is -0.478 e. The first-order valence-corrected chi connectivity index (χ1v) is 9.29. The number of ether oxygens (including phenoxy) is 1. The van der Waals surface area contributed by atoms with E-state index in [9.17, 15) is 14.7 Å². The monoisotopic (exact) mass is 373 g/mol. The SMILES string of the molecule is CC(C)(C)NCC(O)COC1CCCCCCC1.O=C(O)/C=C\C(=O)O. The number of carboxylic acids is 2. The minimum absolute atomic E-state index is 0.0568. The third-order valence-corrected chi connectivity index (χ3v) is 3.81. The van der Waals surface area contributed by atoms with Crippen LogP contribution in [0.1, 0.15) is 65.7 Å². The molecule has 1 fully saturated rings. The molecule has 0 saturated heterocycles. The van der Waals surface area contributed by atoms with Gasteiger partial charge in [0.1, 0.15) is 0 Å². The minimum atomic E-state index is -1.26. The van der Waals surface area contributed by atoms with Gasteiger partial charge >= 0.3 is 11.9 Å². The summed E-state index contributed by atoms with van der Waals surface area (Å²) in [5, 5.41) is 28.8. The predicted molar refractivity (Wildman–Crippen MR) is 100 cm³/mol. The average Bonchev–Trinajstić information content (AvgIpc) is 2.50. The van der Waals surface area contributed by atoms with Crippen LogP contribution < -0.4 is 5.32 Å². The van der Waals surface area contributed by atoms with Crippen LogP contribution in [0.4, 0.5) is 0 Å². The Morgan fingerprint density at radius 1 is 1.04 bits per heavy atom. The lowest BCUT2D eigenvalue weighted by molar-refractivity contribution is -0.134. The second-order valence-corrected chi connectivity index (χ2v) is 7.59. The lowest BCUT2D eigenvalue weighted by Crippen LogP contribution is -2.42. The zero-order chi connectivity index (χ0) is 20.0. The molecule has 1 aliphatic rings. The van der Waals surface area contributed by atoms with Crippen molar-refractivity contribution < 1.29 is 29.6 Å². The fourth-order valence-electron chi connectivity index (χ4n) is 2.46. The van der Waals surface area contributed by atoms with Gasteiger partial charge in [-0.15, -0.1) is 0 Å². The van der Waals surface area contributed by atoms with Gasteiger partial charge in [0.05, 0.1) is 18.8 Å². The molecule has 0 bridgehead atoms. The van der Waals surface area contributed by atoms with Gasteiger partial charge in [-0.05, 0) is 33.6 Å². The Morgan fingerprint density at radius 3 is 1.92 bits per heavy atom. The molecule has 0 heterocycles. The first-order valence-electron chi connectivity index (χ1n) is 9.29. The van der Waals surface area contributed by atoms with E-state index >= 15 is 0 Å². The number of hydrogen-bond acceptors (Lipinski definition) is 5. The average molecular weight is 373 g/mol. The van der Waals surface area contributed by atoms with Gasteiger partial charge in [0.2, 0.25) is 0 Å². The lowest BCUT2D eigenvalue weighted by Gasteiger charge is -2.25. The van der Waals surface area contributed by atoms with Gasteiger partial charge in [0.15, 0.2) is 0 Å². The molecule has 7 heteroatoms. The van der Waals surface area contributed by atoms with Crippen LogP contribution in [-0.2, 0) is 14.3 Å². The van der Waals surface area contributed by atoms with Gasteiger partial charge in [0.25, 0.3) is 0 Å². The van der Waals surface area contributed by atoms with Crippen LogP contribution >= 0.6 is 0 Å². The van der Waals surface area contributed by atoms with E-state index in [0.717, 1.165) is 0 Å². The van der Waals surface area contributed by atoms with E-state index in [0.29, 0.717) is 31.4 Å². The van der Waals surface area contributed by atoms with Crippen molar-refractivity contribution in [3.8, 4) is 0 Å². The van der Waals surface area contributed by atoms with E-state index in [1.54, 1.807) is 0 Å². The highest BCUT2D eigenvalue weighted by Crippen LogP contribution is 2.19. The number of carbonyl (C=O) groups is 2. The summed E-state index contributed by atoms with van der Waals surface area (Å²) in [6, 6.07) is 0. The Bertz CT molecular complexity index is 406. The second kappa shape index (κ2) is 13.7. The van der Waals surface area contributed by atoms with Gasteiger partial charge in [-0.25, -0.2) is 9.59 Å². The van der Waals surface area contributed by atoms with Crippen molar-refractivity contribution in [2.45, 2.75) is 83.5 Å². The van der Waals surface area contributed by atoms with E-state index < -0.39 is 18.0 Å². The van der Waals surface area contributed by atoms with Crippen molar-refractivity contribution in [3.63, 3.8) is 0 Å². The van der Waals surface area contributed by atoms with Gasteiger partial charge in [-0.2, -0.15) is 0 Å². The molecule has 1 saturated carbocycles. The Labute approximate surface area is 156 Å². The molecular weight excluding hydrogens is 338 g/mol. The lowest BCUT2D eigenvalue weighted by atomic mass is 9.98. The van der Waals surface area contributed by atoms with Crippen LogP contribution in [0.15, 0.2) is 12.2 Å². The molecule has 0 amide bonds. The zero-order valence-electron chi connectivity index (χ0n) is 16.2. The number of β-amino-alcohol motifs (C(OH)–C–C–N with tert-alkyl or cyclic N) is 1. The van der Waals surface area contributed by atoms with Crippen LogP contribution in [-0.4, -0.2) is 58.2 Å². The molecular formula is C19H35NO6. The smallest absolute Gasteiger partial charge is 0.328 e. The van der Waals surface area contributed by atoms with Crippen molar-refractivity contribution in [2.75, 3.05) is 13.2 Å². The number of aliphatic hydroxyl groups is 1. The first-order chi connectivity index (χ1) is 12.1. The number of hydrogen-bond donors (Lipinski definition) is 4. The quantitative estimate of drug-likeness (QED) is 0.507. The Kier molecular flexibility index (Phi) is 13.0. The van der Waals surface area contributed by atoms with E-state index in [2.05, 4.69) is 26.1 Å². The molecule has 0 radical (unpaired) electrons. The third kappa shape index (κ3) is 17.4. The van der Waals surface area contributed by atoms with Gasteiger partial charge < -0.3 is 25.4 Å². The van der Waals surface area contributed by atoms with Crippen molar-refractivity contribution in [1.29, 1.82) is 0 Å². The fourth-order valence-corrected chi connectivity index (χ4v) is 2.46. The summed E-state index contributed by atoms with van der Waals surface area (Å²) in [5.74, 6) is -2.51. The summed E-state index contributed by atoms with van der Waals surface area (Å²) in [5.41, 5.74) is 0.0568. The van der Waals surface area contributed by atoms with E-state index in [1.165, 1.54) is 44.9 Å². The maximum atomic E-state index is 9.88. The molecule has 4 N–H and O–H groups in total. The topological polar surface area (TPSA) is 116 Å². The van der Waals surface area contributed by atoms with Crippen molar-refractivity contribution in [3.05, 3.63) is 12.2 Å². The Morgan fingerprint density at radius 2 is 1.50 bits per heavy atom. The first kappa shape index (κ1) is 24.6. The van der Waals surface area contributed by atoms with Crippen LogP contribution in [0.3, 0.4) is 0 Å². The predicted octanol–water partition coefficient (Wildman–Crippen LogP) is 2.58. The Balaban J connectivity index is 0.000000660. The second-order valence-electron chi connectivity index (χ2n) is 7.59. The molecule has 1 unspecified atom stereocenters. The number of carboxylic acid groups (broad SMARTS) is 2.